The second-order valence-electron chi connectivity index (χ2n) is 4.02. The van der Waals surface area contributed by atoms with Crippen LogP contribution in [0.2, 0.25) is 0 Å². The molecule has 3 nitrogen and oxygen atoms in total. The fourth-order valence-corrected chi connectivity index (χ4v) is 4.69. The summed E-state index contributed by atoms with van der Waals surface area (Å²) in [6, 6.07) is 7.99. The van der Waals surface area contributed by atoms with E-state index >= 15 is 0 Å². The van der Waals surface area contributed by atoms with Crippen LogP contribution in [0.1, 0.15) is 0 Å². The standard InChI is InChI=1S/C13H7Br2FN2OS/c14-9-5-8(12(15)20-9)11-10(13(17)19-18-11)6-1-3-7(16)4-2-6/h1-5H,17H2. The van der Waals surface area contributed by atoms with Gasteiger partial charge >= 0.3 is 0 Å². The Kier molecular flexibility index (Phi) is 3.66. The van der Waals surface area contributed by atoms with Gasteiger partial charge in [-0.2, -0.15) is 0 Å². The summed E-state index contributed by atoms with van der Waals surface area (Å²) in [6.45, 7) is 0. The van der Waals surface area contributed by atoms with Gasteiger partial charge in [-0.25, -0.2) is 4.39 Å². The second kappa shape index (κ2) is 5.31. The van der Waals surface area contributed by atoms with Crippen LogP contribution < -0.4 is 5.73 Å². The number of hydrogen-bond donors (Lipinski definition) is 1. The van der Waals surface area contributed by atoms with Gasteiger partial charge < -0.3 is 10.3 Å². The first kappa shape index (κ1) is 13.8. The molecular formula is C13H7Br2FN2OS. The Morgan fingerprint density at radius 1 is 1.20 bits per heavy atom. The topological polar surface area (TPSA) is 52.0 Å². The molecule has 102 valence electrons. The van der Waals surface area contributed by atoms with Crippen molar-refractivity contribution < 1.29 is 8.91 Å². The molecule has 3 rings (SSSR count). The van der Waals surface area contributed by atoms with Crippen molar-refractivity contribution in [2.24, 2.45) is 0 Å². The minimum absolute atomic E-state index is 0.209. The smallest absolute Gasteiger partial charge is 0.230 e. The summed E-state index contributed by atoms with van der Waals surface area (Å²) in [5.41, 5.74) is 8.79. The zero-order chi connectivity index (χ0) is 14.3. The number of hydrogen-bond acceptors (Lipinski definition) is 4. The van der Waals surface area contributed by atoms with Gasteiger partial charge in [-0.3, -0.25) is 0 Å². The minimum Gasteiger partial charge on any atom is -0.367 e. The average Bonchev–Trinajstić information content (AvgIpc) is 2.93. The molecule has 2 aromatic heterocycles. The minimum atomic E-state index is -0.301. The van der Waals surface area contributed by atoms with Gasteiger partial charge in [-0.05, 0) is 55.6 Å². The molecule has 0 aliphatic carbocycles. The quantitative estimate of drug-likeness (QED) is 0.614. The van der Waals surface area contributed by atoms with E-state index in [9.17, 15) is 4.39 Å². The Labute approximate surface area is 134 Å². The predicted octanol–water partition coefficient (Wildman–Crippen LogP) is 5.32. The molecule has 20 heavy (non-hydrogen) atoms. The number of rotatable bonds is 2. The fraction of sp³-hybridized carbons (Fsp3) is 0. The summed E-state index contributed by atoms with van der Waals surface area (Å²) < 4.78 is 20.0. The highest BCUT2D eigenvalue weighted by atomic mass is 79.9. The molecule has 0 aliphatic heterocycles. The summed E-state index contributed by atoms with van der Waals surface area (Å²) in [5, 5.41) is 4.02. The maximum atomic E-state index is 13.0. The van der Waals surface area contributed by atoms with Crippen LogP contribution in [0.15, 0.2) is 42.4 Å². The molecule has 0 spiro atoms. The highest BCUT2D eigenvalue weighted by Crippen LogP contribution is 2.43. The lowest BCUT2D eigenvalue weighted by molar-refractivity contribution is 0.439. The van der Waals surface area contributed by atoms with Crippen LogP contribution in [0, 0.1) is 5.82 Å². The van der Waals surface area contributed by atoms with E-state index in [1.54, 1.807) is 12.1 Å². The molecule has 3 aromatic rings. The van der Waals surface area contributed by atoms with Crippen molar-refractivity contribution in [1.82, 2.24) is 5.16 Å². The second-order valence-corrected chi connectivity index (χ2v) is 7.76. The van der Waals surface area contributed by atoms with Crippen LogP contribution >= 0.6 is 43.2 Å². The van der Waals surface area contributed by atoms with Crippen molar-refractivity contribution >= 4 is 49.1 Å². The number of anilines is 1. The normalized spacial score (nSPS) is 10.9. The lowest BCUT2D eigenvalue weighted by Crippen LogP contribution is -1.87. The first-order chi connectivity index (χ1) is 9.56. The largest absolute Gasteiger partial charge is 0.367 e. The molecule has 7 heteroatoms. The molecule has 1 aromatic carbocycles. The summed E-state index contributed by atoms with van der Waals surface area (Å²) in [4.78, 5) is 0. The van der Waals surface area contributed by atoms with Gasteiger partial charge in [0.25, 0.3) is 0 Å². The summed E-state index contributed by atoms with van der Waals surface area (Å²) in [6.07, 6.45) is 0. The first-order valence-corrected chi connectivity index (χ1v) is 7.93. The van der Waals surface area contributed by atoms with E-state index in [2.05, 4.69) is 37.0 Å². The molecular weight excluding hydrogens is 411 g/mol. The molecule has 2 heterocycles. The van der Waals surface area contributed by atoms with Gasteiger partial charge in [0.1, 0.15) is 11.5 Å². The highest BCUT2D eigenvalue weighted by Gasteiger charge is 2.20. The lowest BCUT2D eigenvalue weighted by Gasteiger charge is -2.02. The highest BCUT2D eigenvalue weighted by molar-refractivity contribution is 9.12. The van der Waals surface area contributed by atoms with Crippen LogP contribution in [0.5, 0.6) is 0 Å². The molecule has 0 radical (unpaired) electrons. The molecule has 0 aliphatic rings. The third kappa shape index (κ3) is 2.41. The van der Waals surface area contributed by atoms with Gasteiger partial charge in [0, 0.05) is 5.56 Å². The van der Waals surface area contributed by atoms with E-state index in [1.807, 2.05) is 6.07 Å². The number of thiophene rings is 1. The van der Waals surface area contributed by atoms with E-state index in [1.165, 1.54) is 23.5 Å². The number of nitrogens with zero attached hydrogens (tertiary/aromatic N) is 1. The van der Waals surface area contributed by atoms with Crippen LogP contribution in [-0.2, 0) is 0 Å². The van der Waals surface area contributed by atoms with Gasteiger partial charge in [-0.15, -0.1) is 11.3 Å². The van der Waals surface area contributed by atoms with Crippen molar-refractivity contribution in [3.63, 3.8) is 0 Å². The fourth-order valence-electron chi connectivity index (χ4n) is 1.88. The molecule has 2 N–H and O–H groups in total. The Morgan fingerprint density at radius 2 is 1.90 bits per heavy atom. The zero-order valence-corrected chi connectivity index (χ0v) is 13.9. The number of benzene rings is 1. The van der Waals surface area contributed by atoms with E-state index < -0.39 is 0 Å². The summed E-state index contributed by atoms with van der Waals surface area (Å²) in [7, 11) is 0. The number of aromatic nitrogens is 1. The Bertz CT molecular complexity index is 767. The Hall–Kier alpha value is -1.18. The van der Waals surface area contributed by atoms with E-state index in [0.717, 1.165) is 18.7 Å². The van der Waals surface area contributed by atoms with E-state index in [-0.39, 0.29) is 11.7 Å². The summed E-state index contributed by atoms with van der Waals surface area (Å²) in [5.74, 6) is -0.0920. The van der Waals surface area contributed by atoms with Crippen molar-refractivity contribution in [3.8, 4) is 22.4 Å². The van der Waals surface area contributed by atoms with Crippen LogP contribution in [-0.4, -0.2) is 5.16 Å². The Balaban J connectivity index is 2.19. The SMILES string of the molecule is Nc1onc(-c2cc(Br)sc2Br)c1-c1ccc(F)cc1. The van der Waals surface area contributed by atoms with Crippen molar-refractivity contribution in [3.05, 3.63) is 43.7 Å². The van der Waals surface area contributed by atoms with Gasteiger partial charge in [0.2, 0.25) is 5.88 Å². The Morgan fingerprint density at radius 3 is 2.50 bits per heavy atom. The molecule has 0 fully saturated rings. The van der Waals surface area contributed by atoms with Crippen molar-refractivity contribution in [1.29, 1.82) is 0 Å². The number of halogens is 3. The number of nitrogen functional groups attached to an aromatic ring is 1. The monoisotopic (exact) mass is 416 g/mol. The molecule has 0 amide bonds. The van der Waals surface area contributed by atoms with E-state index in [4.69, 9.17) is 10.3 Å². The van der Waals surface area contributed by atoms with Crippen molar-refractivity contribution in [2.45, 2.75) is 0 Å². The maximum absolute atomic E-state index is 13.0. The third-order valence-electron chi connectivity index (χ3n) is 2.76. The van der Waals surface area contributed by atoms with Gasteiger partial charge in [0.15, 0.2) is 0 Å². The molecule has 0 atom stereocenters. The zero-order valence-electron chi connectivity index (χ0n) is 9.86. The molecule has 0 saturated carbocycles. The molecule has 0 unspecified atom stereocenters. The number of nitrogens with two attached hydrogens (primary N) is 1. The van der Waals surface area contributed by atoms with Crippen LogP contribution in [0.25, 0.3) is 22.4 Å². The molecule has 0 bridgehead atoms. The predicted molar refractivity (Wildman–Crippen MR) is 85.0 cm³/mol. The summed E-state index contributed by atoms with van der Waals surface area (Å²) >= 11 is 8.44. The van der Waals surface area contributed by atoms with Crippen LogP contribution in [0.3, 0.4) is 0 Å². The van der Waals surface area contributed by atoms with Gasteiger partial charge in [0.05, 0.1) is 13.1 Å². The average molecular weight is 418 g/mol. The first-order valence-electron chi connectivity index (χ1n) is 5.52. The van der Waals surface area contributed by atoms with Gasteiger partial charge in [-0.1, -0.05) is 17.3 Å². The molecule has 0 saturated heterocycles. The van der Waals surface area contributed by atoms with Crippen LogP contribution in [0.4, 0.5) is 10.3 Å². The maximum Gasteiger partial charge on any atom is 0.230 e. The lowest BCUT2D eigenvalue weighted by atomic mass is 10.0. The third-order valence-corrected chi connectivity index (χ3v) is 5.10. The van der Waals surface area contributed by atoms with Crippen molar-refractivity contribution in [2.75, 3.05) is 5.73 Å². The van der Waals surface area contributed by atoms with E-state index in [0.29, 0.717) is 11.3 Å².